The van der Waals surface area contributed by atoms with E-state index in [9.17, 15) is 17.6 Å². The molecule has 0 aromatic heterocycles. The molecule has 1 atom stereocenters. The largest absolute Gasteiger partial charge is 0.419 e. The normalized spacial score (nSPS) is 13.6. The SMILES string of the molecule is CCC(CCO)NCc1ccc(F)c(C(F)(F)F)c1. The molecule has 0 spiro atoms. The van der Waals surface area contributed by atoms with Crippen LogP contribution in [0, 0.1) is 5.82 Å². The molecule has 1 rings (SSSR count). The van der Waals surface area contributed by atoms with Gasteiger partial charge in [-0.1, -0.05) is 13.0 Å². The maximum absolute atomic E-state index is 13.1. The second-order valence-electron chi connectivity index (χ2n) is 4.31. The molecule has 0 bridgehead atoms. The Balaban J connectivity index is 2.75. The molecule has 0 aliphatic heterocycles. The molecule has 6 heteroatoms. The molecule has 0 saturated carbocycles. The molecule has 0 aliphatic rings. The number of nitrogens with one attached hydrogen (secondary N) is 1. The zero-order chi connectivity index (χ0) is 14.5. The Morgan fingerprint density at radius 2 is 2.00 bits per heavy atom. The van der Waals surface area contributed by atoms with Crippen LogP contribution in [0.3, 0.4) is 0 Å². The van der Waals surface area contributed by atoms with E-state index in [1.54, 1.807) is 0 Å². The molecular weight excluding hydrogens is 262 g/mol. The van der Waals surface area contributed by atoms with Gasteiger partial charge in [-0.2, -0.15) is 13.2 Å². The first-order valence-electron chi connectivity index (χ1n) is 6.08. The molecule has 0 aliphatic carbocycles. The summed E-state index contributed by atoms with van der Waals surface area (Å²) in [5.74, 6) is -1.27. The van der Waals surface area contributed by atoms with Crippen molar-refractivity contribution in [3.63, 3.8) is 0 Å². The van der Waals surface area contributed by atoms with Gasteiger partial charge in [0, 0.05) is 19.2 Å². The van der Waals surface area contributed by atoms with E-state index in [0.717, 1.165) is 18.6 Å². The fraction of sp³-hybridized carbons (Fsp3) is 0.538. The molecule has 19 heavy (non-hydrogen) atoms. The fourth-order valence-corrected chi connectivity index (χ4v) is 1.77. The molecule has 0 fully saturated rings. The molecule has 2 N–H and O–H groups in total. The molecule has 1 unspecified atom stereocenters. The zero-order valence-electron chi connectivity index (χ0n) is 10.6. The average molecular weight is 279 g/mol. The van der Waals surface area contributed by atoms with Crippen molar-refractivity contribution in [2.24, 2.45) is 0 Å². The van der Waals surface area contributed by atoms with Crippen LogP contribution in [-0.4, -0.2) is 17.8 Å². The predicted octanol–water partition coefficient (Wildman–Crippen LogP) is 3.10. The summed E-state index contributed by atoms with van der Waals surface area (Å²) in [6, 6.07) is 2.99. The third-order valence-electron chi connectivity index (χ3n) is 2.90. The van der Waals surface area contributed by atoms with Gasteiger partial charge < -0.3 is 10.4 Å². The number of alkyl halides is 3. The van der Waals surface area contributed by atoms with E-state index in [1.165, 1.54) is 6.07 Å². The molecule has 0 saturated heterocycles. The molecule has 0 radical (unpaired) electrons. The first kappa shape index (κ1) is 15.9. The summed E-state index contributed by atoms with van der Waals surface area (Å²) in [5, 5.41) is 11.8. The molecule has 0 heterocycles. The van der Waals surface area contributed by atoms with Crippen molar-refractivity contribution >= 4 is 0 Å². The van der Waals surface area contributed by atoms with Gasteiger partial charge in [0.05, 0.1) is 5.56 Å². The number of halogens is 4. The van der Waals surface area contributed by atoms with Crippen molar-refractivity contribution in [3.8, 4) is 0 Å². The lowest BCUT2D eigenvalue weighted by Crippen LogP contribution is -2.29. The smallest absolute Gasteiger partial charge is 0.396 e. The number of hydrogen-bond donors (Lipinski definition) is 2. The highest BCUT2D eigenvalue weighted by Crippen LogP contribution is 2.31. The van der Waals surface area contributed by atoms with Crippen LogP contribution in [0.5, 0.6) is 0 Å². The van der Waals surface area contributed by atoms with Crippen molar-refractivity contribution in [1.29, 1.82) is 0 Å². The third-order valence-corrected chi connectivity index (χ3v) is 2.90. The zero-order valence-corrected chi connectivity index (χ0v) is 10.6. The van der Waals surface area contributed by atoms with E-state index < -0.39 is 17.6 Å². The highest BCUT2D eigenvalue weighted by molar-refractivity contribution is 5.27. The summed E-state index contributed by atoms with van der Waals surface area (Å²) >= 11 is 0. The summed E-state index contributed by atoms with van der Waals surface area (Å²) in [6.07, 6.45) is -3.40. The van der Waals surface area contributed by atoms with Gasteiger partial charge in [-0.25, -0.2) is 4.39 Å². The van der Waals surface area contributed by atoms with Crippen molar-refractivity contribution in [2.45, 2.75) is 38.5 Å². The molecule has 1 aromatic carbocycles. The van der Waals surface area contributed by atoms with E-state index in [1.807, 2.05) is 6.92 Å². The predicted molar refractivity (Wildman–Crippen MR) is 64.0 cm³/mol. The van der Waals surface area contributed by atoms with Gasteiger partial charge in [-0.3, -0.25) is 0 Å². The van der Waals surface area contributed by atoms with Gasteiger partial charge in [-0.15, -0.1) is 0 Å². The van der Waals surface area contributed by atoms with Crippen LogP contribution in [-0.2, 0) is 12.7 Å². The lowest BCUT2D eigenvalue weighted by Gasteiger charge is -2.16. The number of aliphatic hydroxyl groups is 1. The summed E-state index contributed by atoms with van der Waals surface area (Å²) in [4.78, 5) is 0. The van der Waals surface area contributed by atoms with Crippen LogP contribution in [0.25, 0.3) is 0 Å². The van der Waals surface area contributed by atoms with E-state index in [2.05, 4.69) is 5.32 Å². The maximum Gasteiger partial charge on any atom is 0.419 e. The van der Waals surface area contributed by atoms with Crippen molar-refractivity contribution < 1.29 is 22.7 Å². The summed E-state index contributed by atoms with van der Waals surface area (Å²) < 4.78 is 50.6. The van der Waals surface area contributed by atoms with Crippen molar-refractivity contribution in [3.05, 3.63) is 35.1 Å². The molecule has 0 amide bonds. The summed E-state index contributed by atoms with van der Waals surface area (Å²) in [7, 11) is 0. The minimum Gasteiger partial charge on any atom is -0.396 e. The van der Waals surface area contributed by atoms with Crippen molar-refractivity contribution in [1.82, 2.24) is 5.32 Å². The van der Waals surface area contributed by atoms with Gasteiger partial charge in [0.1, 0.15) is 5.82 Å². The maximum atomic E-state index is 13.1. The van der Waals surface area contributed by atoms with Crippen LogP contribution in [0.2, 0.25) is 0 Å². The Morgan fingerprint density at radius 3 is 2.53 bits per heavy atom. The minimum absolute atomic E-state index is 0.0166. The van der Waals surface area contributed by atoms with Crippen LogP contribution >= 0.6 is 0 Å². The van der Waals surface area contributed by atoms with Crippen LogP contribution < -0.4 is 5.32 Å². The topological polar surface area (TPSA) is 32.3 Å². The van der Waals surface area contributed by atoms with Crippen LogP contribution in [0.1, 0.15) is 30.9 Å². The van der Waals surface area contributed by atoms with E-state index in [-0.39, 0.29) is 19.2 Å². The summed E-state index contributed by atoms with van der Waals surface area (Å²) in [5.41, 5.74) is -0.882. The highest BCUT2D eigenvalue weighted by Gasteiger charge is 2.34. The van der Waals surface area contributed by atoms with Gasteiger partial charge >= 0.3 is 6.18 Å². The molecule has 2 nitrogen and oxygen atoms in total. The highest BCUT2D eigenvalue weighted by atomic mass is 19.4. The molecule has 108 valence electrons. The Bertz CT molecular complexity index is 406. The van der Waals surface area contributed by atoms with E-state index in [4.69, 9.17) is 5.11 Å². The Morgan fingerprint density at radius 1 is 1.32 bits per heavy atom. The monoisotopic (exact) mass is 279 g/mol. The van der Waals surface area contributed by atoms with E-state index in [0.29, 0.717) is 12.0 Å². The van der Waals surface area contributed by atoms with Gasteiger partial charge in [0.2, 0.25) is 0 Å². The third kappa shape index (κ3) is 4.80. The Hall–Kier alpha value is -1.14. The van der Waals surface area contributed by atoms with Crippen LogP contribution in [0.15, 0.2) is 18.2 Å². The quantitative estimate of drug-likeness (QED) is 0.784. The summed E-state index contributed by atoms with van der Waals surface area (Å²) in [6.45, 7) is 2.14. The molecular formula is C13H17F4NO. The Kier molecular flexibility index (Phi) is 5.75. The van der Waals surface area contributed by atoms with Crippen molar-refractivity contribution in [2.75, 3.05) is 6.61 Å². The second kappa shape index (κ2) is 6.86. The van der Waals surface area contributed by atoms with Gasteiger partial charge in [0.15, 0.2) is 0 Å². The number of rotatable bonds is 6. The fourth-order valence-electron chi connectivity index (χ4n) is 1.77. The first-order chi connectivity index (χ1) is 8.88. The van der Waals surface area contributed by atoms with Crippen LogP contribution in [0.4, 0.5) is 17.6 Å². The number of aliphatic hydroxyl groups excluding tert-OH is 1. The average Bonchev–Trinajstić information content (AvgIpc) is 2.34. The second-order valence-corrected chi connectivity index (χ2v) is 4.31. The number of hydrogen-bond acceptors (Lipinski definition) is 2. The lowest BCUT2D eigenvalue weighted by molar-refractivity contribution is -0.140. The molecule has 1 aromatic rings. The van der Waals surface area contributed by atoms with E-state index >= 15 is 0 Å². The first-order valence-corrected chi connectivity index (χ1v) is 6.08. The standard InChI is InChI=1S/C13H17F4NO/c1-2-10(5-6-19)18-8-9-3-4-12(14)11(7-9)13(15,16)17/h3-4,7,10,18-19H,2,5-6,8H2,1H3. The minimum atomic E-state index is -4.69. The Labute approximate surface area is 109 Å². The van der Waals surface area contributed by atoms with Gasteiger partial charge in [-0.05, 0) is 30.5 Å². The lowest BCUT2D eigenvalue weighted by atomic mass is 10.1. The van der Waals surface area contributed by atoms with Gasteiger partial charge in [0.25, 0.3) is 0 Å². The number of benzene rings is 1.